The van der Waals surface area contributed by atoms with Crippen molar-refractivity contribution in [3.63, 3.8) is 0 Å². The summed E-state index contributed by atoms with van der Waals surface area (Å²) in [5.41, 5.74) is 1.74. The van der Waals surface area contributed by atoms with E-state index in [-0.39, 0.29) is 23.3 Å². The van der Waals surface area contributed by atoms with Crippen molar-refractivity contribution >= 4 is 11.8 Å². The monoisotopic (exact) mass is 371 g/mol. The van der Waals surface area contributed by atoms with Gasteiger partial charge in [0, 0.05) is 45.4 Å². The third kappa shape index (κ3) is 4.00. The first kappa shape index (κ1) is 18.4. The van der Waals surface area contributed by atoms with Crippen molar-refractivity contribution < 1.29 is 14.3 Å². The lowest BCUT2D eigenvalue weighted by atomic mass is 9.72. The Labute approximate surface area is 160 Å². The molecule has 6 heteroatoms. The molecule has 3 aliphatic heterocycles. The van der Waals surface area contributed by atoms with Crippen LogP contribution in [-0.2, 0) is 9.53 Å². The summed E-state index contributed by atoms with van der Waals surface area (Å²) in [6.45, 7) is 5.83. The molecule has 27 heavy (non-hydrogen) atoms. The minimum absolute atomic E-state index is 0.0212. The van der Waals surface area contributed by atoms with Gasteiger partial charge in [0.25, 0.3) is 5.91 Å². The highest BCUT2D eigenvalue weighted by molar-refractivity contribution is 5.92. The number of likely N-dealkylation sites (tertiary alicyclic amines) is 2. The molecule has 3 aliphatic rings. The molecular formula is C21H29N3O3. The Morgan fingerprint density at radius 3 is 2.78 bits per heavy atom. The van der Waals surface area contributed by atoms with E-state index in [1.165, 1.54) is 0 Å². The molecule has 4 heterocycles. The van der Waals surface area contributed by atoms with Crippen molar-refractivity contribution in [3.05, 3.63) is 29.6 Å². The van der Waals surface area contributed by atoms with Crippen molar-refractivity contribution in [3.8, 4) is 0 Å². The topological polar surface area (TPSA) is 62.7 Å². The van der Waals surface area contributed by atoms with E-state index in [0.29, 0.717) is 12.1 Å². The number of pyridine rings is 1. The molecule has 1 spiro atoms. The Morgan fingerprint density at radius 1 is 1.30 bits per heavy atom. The van der Waals surface area contributed by atoms with Crippen LogP contribution in [0.3, 0.4) is 0 Å². The SMILES string of the molecule is Cc1ccc(C(=O)N2CCC3(CCC(=O)N(CC4CCCO4)C3)CC2)nc1. The molecule has 1 aromatic rings. The first-order chi connectivity index (χ1) is 13.0. The number of amides is 2. The quantitative estimate of drug-likeness (QED) is 0.819. The fourth-order valence-electron chi connectivity index (χ4n) is 4.65. The van der Waals surface area contributed by atoms with Crippen LogP contribution in [0, 0.1) is 12.3 Å². The summed E-state index contributed by atoms with van der Waals surface area (Å²) in [6, 6.07) is 3.74. The van der Waals surface area contributed by atoms with Gasteiger partial charge in [-0.15, -0.1) is 0 Å². The molecule has 4 rings (SSSR count). The number of ether oxygens (including phenoxy) is 1. The van der Waals surface area contributed by atoms with Gasteiger partial charge in [-0.2, -0.15) is 0 Å². The van der Waals surface area contributed by atoms with Gasteiger partial charge in [0.15, 0.2) is 0 Å². The Bertz CT molecular complexity index is 689. The van der Waals surface area contributed by atoms with E-state index in [0.717, 1.165) is 70.5 Å². The molecule has 2 amide bonds. The molecule has 146 valence electrons. The van der Waals surface area contributed by atoms with E-state index >= 15 is 0 Å². The van der Waals surface area contributed by atoms with Crippen molar-refractivity contribution in [1.82, 2.24) is 14.8 Å². The minimum atomic E-state index is 0.0212. The summed E-state index contributed by atoms with van der Waals surface area (Å²) in [7, 11) is 0. The van der Waals surface area contributed by atoms with Gasteiger partial charge in [-0.25, -0.2) is 0 Å². The number of piperidine rings is 2. The third-order valence-electron chi connectivity index (χ3n) is 6.44. The van der Waals surface area contributed by atoms with Crippen molar-refractivity contribution in [2.75, 3.05) is 32.8 Å². The summed E-state index contributed by atoms with van der Waals surface area (Å²) in [5, 5.41) is 0. The third-order valence-corrected chi connectivity index (χ3v) is 6.44. The highest BCUT2D eigenvalue weighted by Gasteiger charge is 2.42. The average Bonchev–Trinajstić information content (AvgIpc) is 3.19. The molecule has 0 aromatic carbocycles. The fraction of sp³-hybridized carbons (Fsp3) is 0.667. The van der Waals surface area contributed by atoms with E-state index in [9.17, 15) is 9.59 Å². The number of carbonyl (C=O) groups excluding carboxylic acids is 2. The lowest BCUT2D eigenvalue weighted by Gasteiger charge is -2.47. The van der Waals surface area contributed by atoms with E-state index in [1.807, 2.05) is 28.9 Å². The number of rotatable bonds is 3. The van der Waals surface area contributed by atoms with E-state index < -0.39 is 0 Å². The Hall–Kier alpha value is -1.95. The zero-order chi connectivity index (χ0) is 18.9. The lowest BCUT2D eigenvalue weighted by Crippen LogP contribution is -2.53. The normalized spacial score (nSPS) is 25.2. The summed E-state index contributed by atoms with van der Waals surface area (Å²) in [4.78, 5) is 33.3. The number of aryl methyl sites for hydroxylation is 1. The average molecular weight is 371 g/mol. The van der Waals surface area contributed by atoms with Crippen LogP contribution >= 0.6 is 0 Å². The summed E-state index contributed by atoms with van der Waals surface area (Å²) in [5.74, 6) is 0.284. The number of hydrogen-bond acceptors (Lipinski definition) is 4. The second kappa shape index (κ2) is 7.58. The lowest BCUT2D eigenvalue weighted by molar-refractivity contribution is -0.141. The zero-order valence-corrected chi connectivity index (χ0v) is 16.2. The number of aromatic nitrogens is 1. The van der Waals surface area contributed by atoms with Crippen LogP contribution in [0.2, 0.25) is 0 Å². The molecule has 1 aromatic heterocycles. The number of carbonyl (C=O) groups is 2. The Morgan fingerprint density at radius 2 is 2.11 bits per heavy atom. The highest BCUT2D eigenvalue weighted by Crippen LogP contribution is 2.40. The number of nitrogens with zero attached hydrogens (tertiary/aromatic N) is 3. The predicted molar refractivity (Wildman–Crippen MR) is 101 cm³/mol. The minimum Gasteiger partial charge on any atom is -0.376 e. The van der Waals surface area contributed by atoms with Crippen molar-refractivity contribution in [2.24, 2.45) is 5.41 Å². The first-order valence-electron chi connectivity index (χ1n) is 10.2. The van der Waals surface area contributed by atoms with Crippen LogP contribution in [0.25, 0.3) is 0 Å². The van der Waals surface area contributed by atoms with Crippen LogP contribution in [0.5, 0.6) is 0 Å². The smallest absolute Gasteiger partial charge is 0.272 e. The van der Waals surface area contributed by atoms with Gasteiger partial charge in [0.1, 0.15) is 5.69 Å². The molecule has 1 unspecified atom stereocenters. The summed E-state index contributed by atoms with van der Waals surface area (Å²) < 4.78 is 5.73. The number of hydrogen-bond donors (Lipinski definition) is 0. The molecule has 0 bridgehead atoms. The largest absolute Gasteiger partial charge is 0.376 e. The Balaban J connectivity index is 1.36. The molecular weight excluding hydrogens is 342 g/mol. The summed E-state index contributed by atoms with van der Waals surface area (Å²) in [6.07, 6.45) is 7.59. The van der Waals surface area contributed by atoms with E-state index in [4.69, 9.17) is 4.74 Å². The maximum atomic E-state index is 12.7. The van der Waals surface area contributed by atoms with E-state index in [2.05, 4.69) is 4.98 Å². The van der Waals surface area contributed by atoms with Gasteiger partial charge >= 0.3 is 0 Å². The van der Waals surface area contributed by atoms with Gasteiger partial charge in [-0.3, -0.25) is 14.6 Å². The van der Waals surface area contributed by atoms with Crippen LogP contribution in [0.1, 0.15) is 54.6 Å². The molecule has 6 nitrogen and oxygen atoms in total. The van der Waals surface area contributed by atoms with Crippen molar-refractivity contribution in [2.45, 2.75) is 51.6 Å². The van der Waals surface area contributed by atoms with E-state index in [1.54, 1.807) is 6.20 Å². The molecule has 0 N–H and O–H groups in total. The van der Waals surface area contributed by atoms with Crippen LogP contribution in [0.4, 0.5) is 0 Å². The molecule has 1 atom stereocenters. The van der Waals surface area contributed by atoms with Gasteiger partial charge in [-0.1, -0.05) is 6.07 Å². The van der Waals surface area contributed by atoms with Crippen LogP contribution in [-0.4, -0.2) is 65.5 Å². The standard InChI is InChI=1S/C21H29N3O3/c1-16-4-5-18(22-13-16)20(26)23-10-8-21(9-11-23)7-6-19(25)24(15-21)14-17-3-2-12-27-17/h4-5,13,17H,2-3,6-12,14-15H2,1H3. The molecule has 0 aliphatic carbocycles. The Kier molecular flexibility index (Phi) is 5.17. The zero-order valence-electron chi connectivity index (χ0n) is 16.2. The predicted octanol–water partition coefficient (Wildman–Crippen LogP) is 2.41. The molecule has 3 fully saturated rings. The second-order valence-electron chi connectivity index (χ2n) is 8.42. The fourth-order valence-corrected chi connectivity index (χ4v) is 4.65. The van der Waals surface area contributed by atoms with Gasteiger partial charge < -0.3 is 14.5 Å². The van der Waals surface area contributed by atoms with Crippen molar-refractivity contribution in [1.29, 1.82) is 0 Å². The maximum Gasteiger partial charge on any atom is 0.272 e. The van der Waals surface area contributed by atoms with Crippen LogP contribution < -0.4 is 0 Å². The highest BCUT2D eigenvalue weighted by atomic mass is 16.5. The molecule has 0 radical (unpaired) electrons. The van der Waals surface area contributed by atoms with Crippen LogP contribution in [0.15, 0.2) is 18.3 Å². The van der Waals surface area contributed by atoms with Gasteiger partial charge in [-0.05, 0) is 56.1 Å². The first-order valence-corrected chi connectivity index (χ1v) is 10.2. The van der Waals surface area contributed by atoms with Gasteiger partial charge in [0.05, 0.1) is 6.10 Å². The second-order valence-corrected chi connectivity index (χ2v) is 8.42. The maximum absolute atomic E-state index is 12.7. The summed E-state index contributed by atoms with van der Waals surface area (Å²) >= 11 is 0. The van der Waals surface area contributed by atoms with Gasteiger partial charge in [0.2, 0.25) is 5.91 Å². The molecule has 3 saturated heterocycles. The molecule has 0 saturated carbocycles.